The van der Waals surface area contributed by atoms with Gasteiger partial charge in [-0.15, -0.1) is 5.10 Å². The van der Waals surface area contributed by atoms with E-state index in [-0.39, 0.29) is 212 Å². The highest BCUT2D eigenvalue weighted by Crippen LogP contribution is 2.36. The van der Waals surface area contributed by atoms with E-state index in [9.17, 15) is 86.5 Å². The van der Waals surface area contributed by atoms with Gasteiger partial charge in [-0.25, -0.2) is 9.59 Å². The van der Waals surface area contributed by atoms with Gasteiger partial charge in [0.1, 0.15) is 36.0 Å². The number of primary amides is 1. The number of hydrogen-bond acceptors (Lipinski definition) is 27. The number of anilines is 2. The van der Waals surface area contributed by atoms with Crippen LogP contribution in [0, 0.1) is 6.92 Å². The molecule has 2 unspecified atom stereocenters. The molecule has 14 amide bonds. The van der Waals surface area contributed by atoms with Crippen molar-refractivity contribution in [1.82, 2.24) is 78.5 Å². The molecule has 0 radical (unpaired) electrons. The van der Waals surface area contributed by atoms with Crippen LogP contribution < -0.4 is 74.9 Å². The molecule has 45 nitrogen and oxygen atoms in total. The summed E-state index contributed by atoms with van der Waals surface area (Å²) in [5.41, 5.74) is 7.71. The van der Waals surface area contributed by atoms with Crippen LogP contribution in [0.1, 0.15) is 170 Å². The van der Waals surface area contributed by atoms with Crippen molar-refractivity contribution < 1.29 is 129 Å². The van der Waals surface area contributed by atoms with Gasteiger partial charge in [0.15, 0.2) is 0 Å². The Morgan fingerprint density at radius 1 is 0.558 bits per heavy atom. The summed E-state index contributed by atoms with van der Waals surface area (Å²) in [6.45, 7) is 4.20. The van der Waals surface area contributed by atoms with Crippen LogP contribution in [0.5, 0.6) is 0 Å². The molecule has 0 bridgehead atoms. The molecule has 4 aromatic rings. The second-order valence-corrected chi connectivity index (χ2v) is 31.4. The van der Waals surface area contributed by atoms with Crippen LogP contribution in [0.2, 0.25) is 0 Å². The molecule has 1 fully saturated rings. The number of amides is 14. The van der Waals surface area contributed by atoms with Gasteiger partial charge in [-0.2, -0.15) is 0 Å². The second-order valence-electron chi connectivity index (χ2n) is 29.9. The number of alkyl carbamates (subject to hydrolysis) is 1. The number of pyridine rings is 1. The number of aryl methyl sites for hydroxylation is 2. The van der Waals surface area contributed by atoms with Gasteiger partial charge in [-0.1, -0.05) is 60.9 Å². The highest BCUT2D eigenvalue weighted by molar-refractivity contribution is 7.33. The average molecular weight is 1860 g/mol. The lowest BCUT2D eigenvalue weighted by Crippen LogP contribution is -2.63. The van der Waals surface area contributed by atoms with Crippen molar-refractivity contribution in [3.8, 4) is 0 Å². The summed E-state index contributed by atoms with van der Waals surface area (Å²) in [5.74, 6) is -9.38. The predicted molar refractivity (Wildman–Crippen MR) is 466 cm³/mol. The summed E-state index contributed by atoms with van der Waals surface area (Å²) in [4.78, 5) is 202. The van der Waals surface area contributed by atoms with Crippen LogP contribution >= 0.6 is 16.5 Å². The van der Waals surface area contributed by atoms with E-state index in [0.29, 0.717) is 87.1 Å². The topological polar surface area (TPSA) is 645 Å². The number of carboxylic acid groups (broad SMARTS) is 1. The molecule has 1 aliphatic carbocycles. The number of carbonyl (C=O) groups excluding carboxylic acids is 13. The number of carboxylic acids is 1. The molecule has 1 saturated carbocycles. The van der Waals surface area contributed by atoms with Crippen molar-refractivity contribution in [2.75, 3.05) is 109 Å². The van der Waals surface area contributed by atoms with Crippen LogP contribution in [0.4, 0.5) is 21.0 Å². The molecule has 5 rings (SSSR count). The zero-order valence-electron chi connectivity index (χ0n) is 72.4. The van der Waals surface area contributed by atoms with Crippen molar-refractivity contribution in [3.63, 3.8) is 0 Å². The van der Waals surface area contributed by atoms with Crippen LogP contribution in [0.25, 0.3) is 6.08 Å². The first-order valence-corrected chi connectivity index (χ1v) is 45.3. The lowest BCUT2D eigenvalue weighted by Gasteiger charge is -2.38. The number of carbonyl (C=O) groups is 14. The number of aromatic nitrogens is 4. The molecule has 2 heterocycles. The number of benzene rings is 2. The lowest BCUT2D eigenvalue weighted by atomic mass is 9.80. The third-order valence-electron chi connectivity index (χ3n) is 19.4. The fourth-order valence-corrected chi connectivity index (χ4v) is 13.7. The Morgan fingerprint density at radius 3 is 1.70 bits per heavy atom. The number of hydrogen-bond donors (Lipinski definition) is 18. The lowest BCUT2D eigenvalue weighted by molar-refractivity contribution is -0.277. The van der Waals surface area contributed by atoms with Crippen molar-refractivity contribution in [2.45, 2.75) is 204 Å². The Hall–Kier alpha value is -11.2. The maximum Gasteiger partial charge on any atom is 0.407 e. The van der Waals surface area contributed by atoms with E-state index in [1.165, 1.54) is 10.8 Å². The van der Waals surface area contributed by atoms with E-state index < -0.39 is 112 Å². The van der Waals surface area contributed by atoms with Gasteiger partial charge in [0.2, 0.25) is 65.0 Å². The summed E-state index contributed by atoms with van der Waals surface area (Å²) >= 11 is 0. The molecule has 2 aromatic heterocycles. The van der Waals surface area contributed by atoms with Gasteiger partial charge in [0.25, 0.3) is 5.97 Å². The zero-order valence-corrected chi connectivity index (χ0v) is 74.4. The van der Waals surface area contributed by atoms with Gasteiger partial charge in [0, 0.05) is 127 Å². The van der Waals surface area contributed by atoms with Gasteiger partial charge < -0.3 is 119 Å². The Bertz CT molecular complexity index is 4250. The van der Waals surface area contributed by atoms with Crippen LogP contribution in [0.3, 0.4) is 0 Å². The average Bonchev–Trinajstić information content (AvgIpc) is 1.20. The monoisotopic (exact) mass is 1850 g/mol. The van der Waals surface area contributed by atoms with Gasteiger partial charge in [0.05, 0.1) is 65.5 Å². The molecule has 129 heavy (non-hydrogen) atoms. The number of para-hydroxylation sites is 1. The third kappa shape index (κ3) is 49.2. The number of ether oxygens (including phenoxy) is 5. The number of nitrogens with one attached hydrogen (secondary N) is 13. The zero-order chi connectivity index (χ0) is 93.9. The highest BCUT2D eigenvalue weighted by atomic mass is 31.1. The minimum atomic E-state index is -3.73. The molecule has 0 saturated heterocycles. The van der Waals surface area contributed by atoms with E-state index in [1.54, 1.807) is 73.2 Å². The molecule has 19 N–H and O–H groups in total. The number of aliphatic carboxylic acids is 1. The van der Waals surface area contributed by atoms with Crippen molar-refractivity contribution in [1.29, 1.82) is 0 Å². The van der Waals surface area contributed by atoms with E-state index in [4.69, 9.17) is 39.2 Å². The van der Waals surface area contributed by atoms with E-state index >= 15 is 0 Å². The normalized spacial score (nSPS) is 13.8. The first-order valence-electron chi connectivity index (χ1n) is 42.8. The SMILES string of the molecule is Cc1ccccc1NC(=O)Nc1ccc(CC(=O)N[C@@H](CCCCNC(=O)/C=C/c2cccnc2)C(=O)N[C@@H](CCCC(=O)O)C(=O)NC2(C(=O)NCCOCCOCCNC(=O)CCC(=O)NCCOCCOCCNC(=O)CCC(=O)N[C@@H](CCCCNC(=O)CCCCn3cc(COC(=O)NCCCC(O)(O[PH](=O)O)O[PH](=O)O)nn3)C(N)=O)CCCCC2)cc1. The van der Waals surface area contributed by atoms with Crippen molar-refractivity contribution in [3.05, 3.63) is 108 Å². The summed E-state index contributed by atoms with van der Waals surface area (Å²) < 4.78 is 59.2. The molecule has 714 valence electrons. The first-order chi connectivity index (χ1) is 62.0. The molecule has 47 heteroatoms. The van der Waals surface area contributed by atoms with E-state index in [1.807, 2.05) is 19.1 Å². The predicted octanol–water partition coefficient (Wildman–Crippen LogP) is 1.88. The minimum absolute atomic E-state index is 0.0172. The van der Waals surface area contributed by atoms with Crippen molar-refractivity contribution in [2.24, 2.45) is 5.73 Å². The third-order valence-corrected chi connectivity index (χ3v) is 20.4. The molecule has 0 spiro atoms. The maximum absolute atomic E-state index is 14.4. The Balaban J connectivity index is 0.869. The summed E-state index contributed by atoms with van der Waals surface area (Å²) in [7, 11) is -7.45. The summed E-state index contributed by atoms with van der Waals surface area (Å²) in [5, 5.41) is 62.8. The fraction of sp³-hybridized carbons (Fsp3) is 0.573. The largest absolute Gasteiger partial charge is 0.481 e. The van der Waals surface area contributed by atoms with Gasteiger partial charge in [-0.05, 0) is 137 Å². The summed E-state index contributed by atoms with van der Waals surface area (Å²) in [6.07, 6.45) is 10.9. The number of nitrogens with two attached hydrogens (primary N) is 1. The fourth-order valence-electron chi connectivity index (χ4n) is 12.7. The molecule has 5 atom stereocenters. The molecule has 2 aromatic carbocycles. The number of urea groups is 1. The van der Waals surface area contributed by atoms with Crippen molar-refractivity contribution >= 4 is 117 Å². The molecular weight excluding hydrogens is 1730 g/mol. The van der Waals surface area contributed by atoms with Crippen LogP contribution in [-0.2, 0) is 119 Å². The highest BCUT2D eigenvalue weighted by Gasteiger charge is 2.43. The second kappa shape index (κ2) is 62.9. The number of nitrogens with zero attached hydrogens (tertiary/aromatic N) is 4. The number of unbranched alkanes of at least 4 members (excludes halogenated alkanes) is 3. The van der Waals surface area contributed by atoms with E-state index in [0.717, 1.165) is 17.5 Å². The van der Waals surface area contributed by atoms with Crippen LogP contribution in [-0.4, -0.2) is 251 Å². The molecule has 1 aliphatic rings. The van der Waals surface area contributed by atoms with Crippen LogP contribution in [0.15, 0.2) is 85.3 Å². The quantitative estimate of drug-likeness (QED) is 0.0130. The Labute approximate surface area is 747 Å². The summed E-state index contributed by atoms with van der Waals surface area (Å²) in [6, 6.07) is 13.4. The standard InChI is InChI=1S/C82H124N18O27P2/c1-58-16-3-4-18-63(58)96-79(114)92-61-27-24-59(25-28-61)54-73(107)94-65(20-6-11-39-86-68(102)29-26-60-17-14-37-84-55-60)76(111)95-66(21-13-23-74(108)109)77(112)97-81(34-8-2-9-35-81)78(113)90-44-49-124-53-52-123-47-42-88-70(104)31-30-69(103)87-41-46-121-50-51-122-48-43-89-71(105)32-33-72(106)93-64(75(83)110)19-5-10-38-85-67(101)22-7-12-45-100-56-62(98-99-100)57-125-80(115)91-40-15-36-82(116,126-128(117)118)127-129(119)120/h3-4,14,16-18,24-29,37,55-56,64-66,116,128-129H,2,5-13,15,19-23,30-36,38-54,57H2,1H3,(H2,83,110)(H,85,101)(H,86,102)(H,87,103)(H,88,104)(H,89,105)(H,90,113)(H,91,115)(H,93,106)(H,94,107)(H,95,111)(H,97,112)(H,108,109)(H,117,118)(H,119,120)(H2,92,96,114)/b29-26+/t64-,65-,66-/m0/s1. The number of rotatable bonds is 67. The first kappa shape index (κ1) is 108. The Kier molecular flexibility index (Phi) is 52.8. The maximum atomic E-state index is 14.4. The van der Waals surface area contributed by atoms with E-state index in [2.05, 4.69) is 93.5 Å². The minimum Gasteiger partial charge on any atom is -0.481 e. The number of aliphatic hydroxyl groups is 1. The van der Waals surface area contributed by atoms with Gasteiger partial charge >= 0.3 is 34.6 Å². The molecule has 0 aliphatic heterocycles. The van der Waals surface area contributed by atoms with Gasteiger partial charge in [-0.3, -0.25) is 85.4 Å². The Morgan fingerprint density at radius 2 is 1.11 bits per heavy atom. The molecular formula is C82H124N18O27P2. The smallest absolute Gasteiger partial charge is 0.407 e.